The first-order valence-electron chi connectivity index (χ1n) is 8.22. The smallest absolute Gasteiger partial charge is 0.269 e. The van der Waals surface area contributed by atoms with E-state index in [4.69, 9.17) is 10.00 Å². The van der Waals surface area contributed by atoms with Crippen molar-refractivity contribution in [2.45, 2.75) is 37.6 Å². The average Bonchev–Trinajstić information content (AvgIpc) is 2.63. The molecule has 0 bridgehead atoms. The second-order valence-corrected chi connectivity index (χ2v) is 6.69. The Hall–Kier alpha value is -2.79. The second kappa shape index (κ2) is 9.06. The number of nitrogens with one attached hydrogen (secondary N) is 2. The number of carbonyl (C=O) groups is 1. The summed E-state index contributed by atoms with van der Waals surface area (Å²) in [5, 5.41) is 11.7. The maximum Gasteiger partial charge on any atom is 0.269 e. The van der Waals surface area contributed by atoms with Crippen LogP contribution >= 0.6 is 11.8 Å². The van der Waals surface area contributed by atoms with Crippen molar-refractivity contribution in [2.75, 3.05) is 11.9 Å². The third kappa shape index (κ3) is 4.86. The first-order valence-corrected chi connectivity index (χ1v) is 9.10. The van der Waals surface area contributed by atoms with Crippen LogP contribution in [0.5, 0.6) is 5.75 Å². The van der Waals surface area contributed by atoms with E-state index >= 15 is 0 Å². The molecule has 0 fully saturated rings. The van der Waals surface area contributed by atoms with E-state index in [2.05, 4.69) is 15.3 Å². The normalized spacial score (nSPS) is 11.5. The molecule has 1 aromatic carbocycles. The van der Waals surface area contributed by atoms with Gasteiger partial charge in [0.05, 0.1) is 17.6 Å². The van der Waals surface area contributed by atoms with Gasteiger partial charge in [-0.1, -0.05) is 18.7 Å². The Morgan fingerprint density at radius 3 is 2.65 bits per heavy atom. The molecule has 1 heterocycles. The number of thioether (sulfide) groups is 1. The van der Waals surface area contributed by atoms with Crippen LogP contribution in [-0.4, -0.2) is 27.7 Å². The van der Waals surface area contributed by atoms with Gasteiger partial charge in [-0.3, -0.25) is 9.59 Å². The molecule has 26 heavy (non-hydrogen) atoms. The third-order valence-corrected chi connectivity index (χ3v) is 4.49. The van der Waals surface area contributed by atoms with Crippen LogP contribution in [0.3, 0.4) is 0 Å². The number of anilines is 1. The fourth-order valence-corrected chi connectivity index (χ4v) is 3.01. The van der Waals surface area contributed by atoms with Crippen LogP contribution in [-0.2, 0) is 11.2 Å². The van der Waals surface area contributed by atoms with E-state index in [0.29, 0.717) is 29.6 Å². The predicted molar refractivity (Wildman–Crippen MR) is 101 cm³/mol. The molecule has 0 unspecified atom stereocenters. The van der Waals surface area contributed by atoms with Gasteiger partial charge in [-0.2, -0.15) is 5.26 Å². The molecule has 0 aliphatic carbocycles. The van der Waals surface area contributed by atoms with Crippen molar-refractivity contribution in [2.24, 2.45) is 0 Å². The van der Waals surface area contributed by atoms with Crippen molar-refractivity contribution < 1.29 is 9.53 Å². The minimum Gasteiger partial charge on any atom is -0.494 e. The minimum absolute atomic E-state index is 0.0170. The van der Waals surface area contributed by atoms with Crippen molar-refractivity contribution in [3.8, 4) is 11.8 Å². The molecule has 0 aliphatic rings. The summed E-state index contributed by atoms with van der Waals surface area (Å²) in [6.45, 7) is 6.02. The molecule has 8 heteroatoms. The fraction of sp³-hybridized carbons (Fsp3) is 0.333. The number of rotatable bonds is 7. The van der Waals surface area contributed by atoms with E-state index in [1.165, 1.54) is 0 Å². The first-order chi connectivity index (χ1) is 12.5. The number of aryl methyl sites for hydroxylation is 1. The van der Waals surface area contributed by atoms with Crippen molar-refractivity contribution in [3.63, 3.8) is 0 Å². The Balaban J connectivity index is 2.06. The highest BCUT2D eigenvalue weighted by Crippen LogP contribution is 2.22. The van der Waals surface area contributed by atoms with Gasteiger partial charge in [-0.15, -0.1) is 0 Å². The highest BCUT2D eigenvalue weighted by atomic mass is 32.2. The molecule has 7 nitrogen and oxygen atoms in total. The van der Waals surface area contributed by atoms with E-state index in [0.717, 1.165) is 17.5 Å². The number of amides is 1. The van der Waals surface area contributed by atoms with Gasteiger partial charge in [0.1, 0.15) is 17.4 Å². The van der Waals surface area contributed by atoms with Gasteiger partial charge < -0.3 is 15.0 Å². The van der Waals surface area contributed by atoms with Gasteiger partial charge in [-0.25, -0.2) is 4.98 Å². The molecule has 2 N–H and O–H groups in total. The summed E-state index contributed by atoms with van der Waals surface area (Å²) in [4.78, 5) is 31.1. The molecule has 0 aliphatic heterocycles. The SMILES string of the molecule is CCOc1ccc(NC(=O)[C@H](C)Sc2nc(CC)c(C#N)c(=O)[nH]2)cc1. The van der Waals surface area contributed by atoms with E-state index < -0.39 is 10.8 Å². The summed E-state index contributed by atoms with van der Waals surface area (Å²) in [5.74, 6) is 0.517. The number of carbonyl (C=O) groups excluding carboxylic acids is 1. The number of aromatic amines is 1. The summed E-state index contributed by atoms with van der Waals surface area (Å²) in [6.07, 6.45) is 0.465. The molecule has 2 aromatic rings. The molecule has 0 radical (unpaired) electrons. The lowest BCUT2D eigenvalue weighted by molar-refractivity contribution is -0.115. The number of hydrogen-bond donors (Lipinski definition) is 2. The number of nitriles is 1. The van der Waals surface area contributed by atoms with Gasteiger partial charge in [0.15, 0.2) is 5.16 Å². The van der Waals surface area contributed by atoms with Gasteiger partial charge in [-0.05, 0) is 44.5 Å². The number of nitrogens with zero attached hydrogens (tertiary/aromatic N) is 2. The molecule has 0 spiro atoms. The topological polar surface area (TPSA) is 108 Å². The number of aromatic nitrogens is 2. The van der Waals surface area contributed by atoms with Crippen LogP contribution in [0.15, 0.2) is 34.2 Å². The van der Waals surface area contributed by atoms with Crippen LogP contribution in [0.2, 0.25) is 0 Å². The third-order valence-electron chi connectivity index (χ3n) is 3.51. The zero-order valence-corrected chi connectivity index (χ0v) is 15.6. The number of benzene rings is 1. The Morgan fingerprint density at radius 1 is 1.38 bits per heavy atom. The summed E-state index contributed by atoms with van der Waals surface area (Å²) < 4.78 is 5.36. The quantitative estimate of drug-likeness (QED) is 0.571. The van der Waals surface area contributed by atoms with Crippen molar-refractivity contribution in [1.82, 2.24) is 9.97 Å². The first kappa shape index (κ1) is 19.5. The Kier molecular flexibility index (Phi) is 6.81. The highest BCUT2D eigenvalue weighted by molar-refractivity contribution is 8.00. The molecule has 0 saturated heterocycles. The fourth-order valence-electron chi connectivity index (χ4n) is 2.19. The largest absolute Gasteiger partial charge is 0.494 e. The van der Waals surface area contributed by atoms with Crippen molar-refractivity contribution >= 4 is 23.4 Å². The van der Waals surface area contributed by atoms with Crippen LogP contribution < -0.4 is 15.6 Å². The minimum atomic E-state index is -0.485. The molecule has 1 atom stereocenters. The predicted octanol–water partition coefficient (Wildman–Crippen LogP) is 2.72. The Bertz CT molecular complexity index is 871. The molecule has 2 rings (SSSR count). The molecular weight excluding hydrogens is 352 g/mol. The van der Waals surface area contributed by atoms with Gasteiger partial charge in [0.2, 0.25) is 5.91 Å². The van der Waals surface area contributed by atoms with Crippen LogP contribution in [0.1, 0.15) is 32.0 Å². The zero-order chi connectivity index (χ0) is 19.1. The van der Waals surface area contributed by atoms with E-state index in [9.17, 15) is 9.59 Å². The Labute approximate surface area is 155 Å². The standard InChI is InChI=1S/C18H20N4O3S/c1-4-15-14(10-19)17(24)22-18(21-15)26-11(3)16(23)20-12-6-8-13(9-7-12)25-5-2/h6-9,11H,4-5H2,1-3H3,(H,20,23)(H,21,22,24)/t11-/m0/s1. The van der Waals surface area contributed by atoms with Gasteiger partial charge in [0.25, 0.3) is 5.56 Å². The molecular formula is C18H20N4O3S. The zero-order valence-electron chi connectivity index (χ0n) is 14.8. The van der Waals surface area contributed by atoms with Crippen LogP contribution in [0, 0.1) is 11.3 Å². The highest BCUT2D eigenvalue weighted by Gasteiger charge is 2.18. The van der Waals surface area contributed by atoms with Gasteiger partial charge in [0, 0.05) is 5.69 Å². The number of ether oxygens (including phenoxy) is 1. The molecule has 136 valence electrons. The maximum atomic E-state index is 12.4. The summed E-state index contributed by atoms with van der Waals surface area (Å²) >= 11 is 1.13. The summed E-state index contributed by atoms with van der Waals surface area (Å²) in [6, 6.07) is 8.95. The van der Waals surface area contributed by atoms with Crippen LogP contribution in [0.4, 0.5) is 5.69 Å². The number of H-pyrrole nitrogens is 1. The van der Waals surface area contributed by atoms with Gasteiger partial charge >= 0.3 is 0 Å². The lowest BCUT2D eigenvalue weighted by atomic mass is 10.2. The average molecular weight is 372 g/mol. The van der Waals surface area contributed by atoms with E-state index in [1.54, 1.807) is 31.2 Å². The molecule has 1 amide bonds. The molecule has 0 saturated carbocycles. The Morgan fingerprint density at radius 2 is 2.08 bits per heavy atom. The van der Waals surface area contributed by atoms with E-state index in [1.807, 2.05) is 19.9 Å². The maximum absolute atomic E-state index is 12.4. The van der Waals surface area contributed by atoms with Crippen molar-refractivity contribution in [1.29, 1.82) is 5.26 Å². The molecule has 1 aromatic heterocycles. The summed E-state index contributed by atoms with van der Waals surface area (Å²) in [7, 11) is 0. The summed E-state index contributed by atoms with van der Waals surface area (Å²) in [5.41, 5.74) is 0.614. The monoisotopic (exact) mass is 372 g/mol. The number of hydrogen-bond acceptors (Lipinski definition) is 6. The second-order valence-electron chi connectivity index (χ2n) is 5.36. The lowest BCUT2D eigenvalue weighted by Gasteiger charge is -2.12. The van der Waals surface area contributed by atoms with Crippen LogP contribution in [0.25, 0.3) is 0 Å². The van der Waals surface area contributed by atoms with Crippen molar-refractivity contribution in [3.05, 3.63) is 45.9 Å². The lowest BCUT2D eigenvalue weighted by Crippen LogP contribution is -2.24. The van der Waals surface area contributed by atoms with E-state index in [-0.39, 0.29) is 11.5 Å².